The minimum Gasteiger partial charge on any atom is -0.508 e. The third-order valence-corrected chi connectivity index (χ3v) is 5.33. The second kappa shape index (κ2) is 5.48. The first-order valence-electron chi connectivity index (χ1n) is 6.86. The predicted octanol–water partition coefficient (Wildman–Crippen LogP) is 2.70. The normalized spacial score (nSPS) is 28.8. The Morgan fingerprint density at radius 2 is 2.05 bits per heavy atom. The Bertz CT molecular complexity index is 541. The van der Waals surface area contributed by atoms with E-state index >= 15 is 0 Å². The lowest BCUT2D eigenvalue weighted by Gasteiger charge is -2.27. The van der Waals surface area contributed by atoms with Gasteiger partial charge in [0.2, 0.25) is 0 Å². The summed E-state index contributed by atoms with van der Waals surface area (Å²) >= 11 is 1.74. The predicted molar refractivity (Wildman–Crippen MR) is 79.4 cm³/mol. The van der Waals surface area contributed by atoms with E-state index < -0.39 is 5.97 Å². The summed E-state index contributed by atoms with van der Waals surface area (Å²) in [6, 6.07) is 7.47. The van der Waals surface area contributed by atoms with E-state index in [1.165, 1.54) is 0 Å². The van der Waals surface area contributed by atoms with Gasteiger partial charge in [0.1, 0.15) is 5.75 Å². The number of phenolic OH excluding ortho intramolecular Hbond substituents is 1. The summed E-state index contributed by atoms with van der Waals surface area (Å²) in [7, 11) is 0. The van der Waals surface area contributed by atoms with E-state index in [1.807, 2.05) is 12.1 Å². The fraction of sp³-hybridized carbons (Fsp3) is 0.467. The zero-order chi connectivity index (χ0) is 14.1. The maximum atomic E-state index is 11.1. The van der Waals surface area contributed by atoms with Gasteiger partial charge in [0, 0.05) is 11.7 Å². The molecule has 3 unspecified atom stereocenters. The monoisotopic (exact) mass is 291 g/mol. The number of aliphatic carboxylic acids is 1. The zero-order valence-electron chi connectivity index (χ0n) is 11.0. The van der Waals surface area contributed by atoms with Crippen LogP contribution in [0.4, 0.5) is 0 Å². The van der Waals surface area contributed by atoms with Crippen LogP contribution in [0.15, 0.2) is 29.3 Å². The molecule has 0 amide bonds. The summed E-state index contributed by atoms with van der Waals surface area (Å²) in [5.74, 6) is -0.601. The van der Waals surface area contributed by atoms with Crippen LogP contribution in [-0.4, -0.2) is 32.5 Å². The Labute approximate surface area is 121 Å². The molecule has 4 nitrogen and oxygen atoms in total. The molecule has 0 saturated heterocycles. The number of fused-ring (bicyclic) bond motifs is 1. The Morgan fingerprint density at radius 1 is 1.30 bits per heavy atom. The van der Waals surface area contributed by atoms with Crippen LogP contribution >= 0.6 is 11.8 Å². The molecule has 1 aromatic carbocycles. The Balaban J connectivity index is 1.63. The number of carboxylic acid groups (broad SMARTS) is 1. The summed E-state index contributed by atoms with van der Waals surface area (Å²) < 4.78 is 0. The topological polar surface area (TPSA) is 69.9 Å². The van der Waals surface area contributed by atoms with Crippen LogP contribution in [0.5, 0.6) is 5.75 Å². The maximum absolute atomic E-state index is 11.1. The smallest absolute Gasteiger partial charge is 0.306 e. The van der Waals surface area contributed by atoms with Crippen LogP contribution < -0.4 is 0 Å². The largest absolute Gasteiger partial charge is 0.508 e. The van der Waals surface area contributed by atoms with Crippen molar-refractivity contribution in [3.63, 3.8) is 0 Å². The maximum Gasteiger partial charge on any atom is 0.306 e. The number of aromatic hydroxyl groups is 1. The highest BCUT2D eigenvalue weighted by atomic mass is 32.2. The van der Waals surface area contributed by atoms with Gasteiger partial charge in [0.25, 0.3) is 0 Å². The Hall–Kier alpha value is -1.49. The van der Waals surface area contributed by atoms with Gasteiger partial charge in [-0.1, -0.05) is 12.1 Å². The Morgan fingerprint density at radius 3 is 2.75 bits per heavy atom. The highest BCUT2D eigenvalue weighted by molar-refractivity contribution is 8.14. The van der Waals surface area contributed by atoms with E-state index in [4.69, 9.17) is 10.1 Å². The van der Waals surface area contributed by atoms with E-state index in [0.29, 0.717) is 11.3 Å². The van der Waals surface area contributed by atoms with E-state index in [9.17, 15) is 9.90 Å². The quantitative estimate of drug-likeness (QED) is 0.898. The molecule has 1 fully saturated rings. The molecule has 3 atom stereocenters. The minimum absolute atomic E-state index is 0.202. The number of hydrogen-bond acceptors (Lipinski definition) is 4. The van der Waals surface area contributed by atoms with Crippen molar-refractivity contribution in [3.05, 3.63) is 29.8 Å². The number of benzene rings is 1. The van der Waals surface area contributed by atoms with Crippen LogP contribution in [0.1, 0.15) is 24.8 Å². The highest BCUT2D eigenvalue weighted by Gasteiger charge is 2.38. The number of aliphatic imine (C=N–C) groups is 1. The van der Waals surface area contributed by atoms with Crippen molar-refractivity contribution in [1.29, 1.82) is 0 Å². The first-order valence-corrected chi connectivity index (χ1v) is 7.74. The lowest BCUT2D eigenvalue weighted by molar-refractivity contribution is -0.142. The standard InChI is InChI=1S/C15H17NO3S/c17-11-4-1-9(2-5-11)7-14-16-12-6-3-10(15(18)19)8-13(12)20-14/h1-2,4-5,10,12-13,17H,3,6-8H2,(H,18,19). The van der Waals surface area contributed by atoms with E-state index in [0.717, 1.165) is 36.3 Å². The molecule has 0 bridgehead atoms. The van der Waals surface area contributed by atoms with Crippen LogP contribution in [0, 0.1) is 5.92 Å². The SMILES string of the molecule is O=C(O)C1CCC2N=C(Cc3ccc(O)cc3)SC2C1. The molecule has 0 aromatic heterocycles. The van der Waals surface area contributed by atoms with Crippen molar-refractivity contribution in [2.75, 3.05) is 0 Å². The molecule has 0 radical (unpaired) electrons. The molecule has 3 rings (SSSR count). The molecular weight excluding hydrogens is 274 g/mol. The molecule has 1 saturated carbocycles. The molecular formula is C15H17NO3S. The van der Waals surface area contributed by atoms with E-state index in [-0.39, 0.29) is 11.7 Å². The average Bonchev–Trinajstić information content (AvgIpc) is 2.82. The molecule has 20 heavy (non-hydrogen) atoms. The second-order valence-electron chi connectivity index (χ2n) is 5.44. The molecule has 0 spiro atoms. The van der Waals surface area contributed by atoms with Gasteiger partial charge in [0.15, 0.2) is 0 Å². The van der Waals surface area contributed by atoms with E-state index in [2.05, 4.69) is 0 Å². The van der Waals surface area contributed by atoms with E-state index in [1.54, 1.807) is 23.9 Å². The van der Waals surface area contributed by atoms with Crippen molar-refractivity contribution in [1.82, 2.24) is 0 Å². The van der Waals surface area contributed by atoms with Crippen molar-refractivity contribution < 1.29 is 15.0 Å². The molecule has 1 heterocycles. The summed E-state index contributed by atoms with van der Waals surface area (Å²) in [6.07, 6.45) is 3.13. The third kappa shape index (κ3) is 2.82. The van der Waals surface area contributed by atoms with Gasteiger partial charge in [0.05, 0.1) is 17.0 Å². The lowest BCUT2D eigenvalue weighted by Crippen LogP contribution is -2.31. The lowest BCUT2D eigenvalue weighted by atomic mass is 9.86. The molecule has 1 aromatic rings. The van der Waals surface area contributed by atoms with Gasteiger partial charge in [-0.2, -0.15) is 0 Å². The van der Waals surface area contributed by atoms with Crippen molar-refractivity contribution in [3.8, 4) is 5.75 Å². The number of carboxylic acids is 1. The van der Waals surface area contributed by atoms with Crippen LogP contribution in [0.3, 0.4) is 0 Å². The summed E-state index contributed by atoms with van der Waals surface area (Å²) in [5.41, 5.74) is 1.13. The van der Waals surface area contributed by atoms with Crippen LogP contribution in [-0.2, 0) is 11.2 Å². The molecule has 2 aliphatic rings. The molecule has 5 heteroatoms. The fourth-order valence-corrected chi connectivity index (χ4v) is 4.36. The van der Waals surface area contributed by atoms with Gasteiger partial charge in [-0.3, -0.25) is 9.79 Å². The number of carbonyl (C=O) groups is 1. The number of phenols is 1. The molecule has 1 aliphatic carbocycles. The van der Waals surface area contributed by atoms with Crippen LogP contribution in [0.25, 0.3) is 0 Å². The minimum atomic E-state index is -0.670. The van der Waals surface area contributed by atoms with Gasteiger partial charge in [-0.15, -0.1) is 11.8 Å². The van der Waals surface area contributed by atoms with Gasteiger partial charge in [-0.25, -0.2) is 0 Å². The van der Waals surface area contributed by atoms with Gasteiger partial charge >= 0.3 is 5.97 Å². The van der Waals surface area contributed by atoms with Crippen molar-refractivity contribution >= 4 is 22.8 Å². The van der Waals surface area contributed by atoms with Gasteiger partial charge in [-0.05, 0) is 37.0 Å². The molecule has 2 N–H and O–H groups in total. The highest BCUT2D eigenvalue weighted by Crippen LogP contribution is 2.40. The van der Waals surface area contributed by atoms with Crippen molar-refractivity contribution in [2.24, 2.45) is 10.9 Å². The fourth-order valence-electron chi connectivity index (χ4n) is 2.88. The number of hydrogen-bond donors (Lipinski definition) is 2. The zero-order valence-corrected chi connectivity index (χ0v) is 11.8. The Kier molecular flexibility index (Phi) is 3.70. The summed E-state index contributed by atoms with van der Waals surface area (Å²) in [4.78, 5) is 15.8. The average molecular weight is 291 g/mol. The first-order chi connectivity index (χ1) is 9.61. The molecule has 1 aliphatic heterocycles. The second-order valence-corrected chi connectivity index (χ2v) is 6.75. The molecule has 106 valence electrons. The number of rotatable bonds is 3. The number of thioether (sulfide) groups is 1. The third-order valence-electron chi connectivity index (χ3n) is 4.00. The van der Waals surface area contributed by atoms with Crippen LogP contribution in [0.2, 0.25) is 0 Å². The number of nitrogens with zero attached hydrogens (tertiary/aromatic N) is 1. The summed E-state index contributed by atoms with van der Waals surface area (Å²) in [5, 5.41) is 19.8. The first kappa shape index (κ1) is 13.5. The summed E-state index contributed by atoms with van der Waals surface area (Å²) in [6.45, 7) is 0. The van der Waals surface area contributed by atoms with Gasteiger partial charge < -0.3 is 10.2 Å². The van der Waals surface area contributed by atoms with Crippen molar-refractivity contribution in [2.45, 2.75) is 37.0 Å².